The van der Waals surface area contributed by atoms with Gasteiger partial charge in [-0.2, -0.15) is 0 Å². The van der Waals surface area contributed by atoms with Crippen LogP contribution in [0.15, 0.2) is 30.7 Å². The zero-order valence-corrected chi connectivity index (χ0v) is 10.5. The fourth-order valence-corrected chi connectivity index (χ4v) is 1.60. The second-order valence-electron chi connectivity index (χ2n) is 4.02. The fourth-order valence-electron chi connectivity index (χ4n) is 1.60. The Morgan fingerprint density at radius 1 is 1.37 bits per heavy atom. The summed E-state index contributed by atoms with van der Waals surface area (Å²) in [5, 5.41) is 10.4. The largest absolute Gasteiger partial charge is 0.350 e. The monoisotopic (exact) mass is 260 g/mol. The van der Waals surface area contributed by atoms with Gasteiger partial charge in [-0.25, -0.2) is 0 Å². The van der Waals surface area contributed by atoms with E-state index >= 15 is 0 Å². The first-order valence-corrected chi connectivity index (χ1v) is 6.07. The van der Waals surface area contributed by atoms with Crippen molar-refractivity contribution in [2.45, 2.75) is 13.0 Å². The van der Waals surface area contributed by atoms with Crippen LogP contribution in [0.4, 0.5) is 0 Å². The third kappa shape index (κ3) is 3.85. The van der Waals surface area contributed by atoms with Crippen molar-refractivity contribution in [3.63, 3.8) is 0 Å². The number of rotatable bonds is 6. The summed E-state index contributed by atoms with van der Waals surface area (Å²) in [6, 6.07) is 3.84. The molecule has 2 aromatic heterocycles. The molecule has 0 saturated carbocycles. The number of nitrogens with zero attached hydrogens (tertiary/aromatic N) is 4. The second-order valence-corrected chi connectivity index (χ2v) is 4.02. The Balaban J connectivity index is 1.80. The van der Waals surface area contributed by atoms with Gasteiger partial charge in [0.05, 0.1) is 12.7 Å². The summed E-state index contributed by atoms with van der Waals surface area (Å²) in [6.07, 6.45) is 5.81. The molecule has 0 radical (unpaired) electrons. The Bertz CT molecular complexity index is 524. The normalized spacial score (nSPS) is 10.4. The molecule has 2 rings (SSSR count). The van der Waals surface area contributed by atoms with E-state index < -0.39 is 0 Å². The SMILES string of the molecule is NCCn1cc(C(=O)NCCc2ccncc2)nn1. The van der Waals surface area contributed by atoms with Gasteiger partial charge in [-0.1, -0.05) is 5.21 Å². The number of hydrogen-bond acceptors (Lipinski definition) is 5. The molecule has 0 fully saturated rings. The molecule has 0 aliphatic carbocycles. The van der Waals surface area contributed by atoms with Crippen LogP contribution in [0.5, 0.6) is 0 Å². The minimum atomic E-state index is -0.225. The number of hydrogen-bond donors (Lipinski definition) is 2. The summed E-state index contributed by atoms with van der Waals surface area (Å²) in [6.45, 7) is 1.57. The van der Waals surface area contributed by atoms with E-state index in [0.717, 1.165) is 12.0 Å². The maximum absolute atomic E-state index is 11.8. The molecule has 0 unspecified atom stereocenters. The van der Waals surface area contributed by atoms with Crippen LogP contribution in [-0.4, -0.2) is 39.0 Å². The minimum Gasteiger partial charge on any atom is -0.350 e. The Morgan fingerprint density at radius 3 is 2.89 bits per heavy atom. The van der Waals surface area contributed by atoms with Crippen LogP contribution in [0.3, 0.4) is 0 Å². The predicted octanol–water partition coefficient (Wildman–Crippen LogP) is -0.396. The quantitative estimate of drug-likeness (QED) is 0.736. The van der Waals surface area contributed by atoms with Crippen molar-refractivity contribution >= 4 is 5.91 Å². The zero-order chi connectivity index (χ0) is 13.5. The van der Waals surface area contributed by atoms with Gasteiger partial charge in [-0.3, -0.25) is 14.5 Å². The van der Waals surface area contributed by atoms with Crippen LogP contribution in [0.25, 0.3) is 0 Å². The minimum absolute atomic E-state index is 0.225. The van der Waals surface area contributed by atoms with Crippen LogP contribution in [0.1, 0.15) is 16.1 Å². The van der Waals surface area contributed by atoms with Gasteiger partial charge in [0, 0.05) is 25.5 Å². The first-order chi connectivity index (χ1) is 9.29. The van der Waals surface area contributed by atoms with Gasteiger partial charge in [0.2, 0.25) is 0 Å². The first kappa shape index (κ1) is 13.2. The number of aromatic nitrogens is 4. The molecule has 1 amide bonds. The van der Waals surface area contributed by atoms with E-state index in [1.165, 1.54) is 0 Å². The highest BCUT2D eigenvalue weighted by Gasteiger charge is 2.09. The molecule has 0 aliphatic heterocycles. The smallest absolute Gasteiger partial charge is 0.273 e. The number of pyridine rings is 1. The predicted molar refractivity (Wildman–Crippen MR) is 69.4 cm³/mol. The molecule has 19 heavy (non-hydrogen) atoms. The number of carbonyl (C=O) groups excluding carboxylic acids is 1. The van der Waals surface area contributed by atoms with Crippen LogP contribution in [0.2, 0.25) is 0 Å². The van der Waals surface area contributed by atoms with Gasteiger partial charge in [0.15, 0.2) is 5.69 Å². The lowest BCUT2D eigenvalue weighted by molar-refractivity contribution is 0.0949. The summed E-state index contributed by atoms with van der Waals surface area (Å²) in [7, 11) is 0. The molecule has 3 N–H and O–H groups in total. The number of amides is 1. The number of nitrogens with two attached hydrogens (primary N) is 1. The molecule has 7 heteroatoms. The second kappa shape index (κ2) is 6.60. The highest BCUT2D eigenvalue weighted by atomic mass is 16.2. The Labute approximate surface area is 110 Å². The molecule has 2 heterocycles. The molecule has 100 valence electrons. The van der Waals surface area contributed by atoms with Crippen molar-refractivity contribution in [1.29, 1.82) is 0 Å². The zero-order valence-electron chi connectivity index (χ0n) is 10.5. The van der Waals surface area contributed by atoms with E-state index in [9.17, 15) is 4.79 Å². The van der Waals surface area contributed by atoms with E-state index in [4.69, 9.17) is 5.73 Å². The molecule has 2 aromatic rings. The average molecular weight is 260 g/mol. The van der Waals surface area contributed by atoms with Crippen molar-refractivity contribution in [3.05, 3.63) is 42.0 Å². The van der Waals surface area contributed by atoms with Crippen molar-refractivity contribution in [3.8, 4) is 0 Å². The van der Waals surface area contributed by atoms with Crippen molar-refractivity contribution in [2.75, 3.05) is 13.1 Å². The van der Waals surface area contributed by atoms with Gasteiger partial charge >= 0.3 is 0 Å². The van der Waals surface area contributed by atoms with Gasteiger partial charge in [-0.15, -0.1) is 5.10 Å². The molecular formula is C12H16N6O. The van der Waals surface area contributed by atoms with E-state index in [0.29, 0.717) is 25.3 Å². The molecule has 0 atom stereocenters. The Kier molecular flexibility index (Phi) is 4.57. The van der Waals surface area contributed by atoms with Crippen molar-refractivity contribution < 1.29 is 4.79 Å². The van der Waals surface area contributed by atoms with E-state index in [2.05, 4.69) is 20.6 Å². The topological polar surface area (TPSA) is 98.7 Å². The van der Waals surface area contributed by atoms with Gasteiger partial charge in [0.1, 0.15) is 0 Å². The summed E-state index contributed by atoms with van der Waals surface area (Å²) in [5.41, 5.74) is 6.83. The van der Waals surface area contributed by atoms with Crippen LogP contribution in [0, 0.1) is 0 Å². The highest BCUT2D eigenvalue weighted by molar-refractivity contribution is 5.91. The molecule has 0 saturated heterocycles. The summed E-state index contributed by atoms with van der Waals surface area (Å²) in [5.74, 6) is -0.225. The summed E-state index contributed by atoms with van der Waals surface area (Å²) >= 11 is 0. The summed E-state index contributed by atoms with van der Waals surface area (Å²) < 4.78 is 1.55. The molecular weight excluding hydrogens is 244 g/mol. The lowest BCUT2D eigenvalue weighted by Crippen LogP contribution is -2.26. The van der Waals surface area contributed by atoms with Gasteiger partial charge < -0.3 is 11.1 Å². The summed E-state index contributed by atoms with van der Waals surface area (Å²) in [4.78, 5) is 15.7. The Morgan fingerprint density at radius 2 is 2.16 bits per heavy atom. The number of nitrogens with one attached hydrogen (secondary N) is 1. The van der Waals surface area contributed by atoms with Crippen LogP contribution >= 0.6 is 0 Å². The molecule has 7 nitrogen and oxygen atoms in total. The van der Waals surface area contributed by atoms with Gasteiger partial charge in [0.25, 0.3) is 5.91 Å². The lowest BCUT2D eigenvalue weighted by Gasteiger charge is -2.02. The van der Waals surface area contributed by atoms with Crippen molar-refractivity contribution in [2.24, 2.45) is 5.73 Å². The molecule has 0 spiro atoms. The molecule has 0 bridgehead atoms. The van der Waals surface area contributed by atoms with Crippen LogP contribution < -0.4 is 11.1 Å². The average Bonchev–Trinajstić information content (AvgIpc) is 2.89. The standard InChI is InChI=1S/C12H16N6O/c13-4-8-18-9-11(16-17-18)12(19)15-7-3-10-1-5-14-6-2-10/h1-2,5-6,9H,3-4,7-8,13H2,(H,15,19). The fraction of sp³-hybridized carbons (Fsp3) is 0.333. The third-order valence-electron chi connectivity index (χ3n) is 2.58. The van der Waals surface area contributed by atoms with E-state index in [-0.39, 0.29) is 5.91 Å². The van der Waals surface area contributed by atoms with Crippen molar-refractivity contribution in [1.82, 2.24) is 25.3 Å². The maximum Gasteiger partial charge on any atom is 0.273 e. The molecule has 0 aromatic carbocycles. The number of carbonyl (C=O) groups is 1. The maximum atomic E-state index is 11.8. The molecule has 0 aliphatic rings. The van der Waals surface area contributed by atoms with E-state index in [1.54, 1.807) is 23.3 Å². The highest BCUT2D eigenvalue weighted by Crippen LogP contribution is 1.97. The van der Waals surface area contributed by atoms with Crippen LogP contribution in [-0.2, 0) is 13.0 Å². The van der Waals surface area contributed by atoms with Gasteiger partial charge in [-0.05, 0) is 24.1 Å². The third-order valence-corrected chi connectivity index (χ3v) is 2.58. The first-order valence-electron chi connectivity index (χ1n) is 6.07. The van der Waals surface area contributed by atoms with E-state index in [1.807, 2.05) is 12.1 Å². The Hall–Kier alpha value is -2.28. The lowest BCUT2D eigenvalue weighted by atomic mass is 10.2.